The quantitative estimate of drug-likeness (QED) is 0.721. The second-order valence-corrected chi connectivity index (χ2v) is 5.53. The molecule has 0 aliphatic rings. The highest BCUT2D eigenvalue weighted by Crippen LogP contribution is 1.99. The maximum absolute atomic E-state index is 2.16. The molecule has 0 N–H and O–H groups in total. The first-order valence-electron chi connectivity index (χ1n) is 5.89. The van der Waals surface area contributed by atoms with Crippen molar-refractivity contribution >= 4 is 15.4 Å². The zero-order chi connectivity index (χ0) is 12.5. The van der Waals surface area contributed by atoms with Crippen LogP contribution in [-0.4, -0.2) is 29.2 Å². The number of benzene rings is 2. The van der Waals surface area contributed by atoms with E-state index in [4.69, 9.17) is 0 Å². The average Bonchev–Trinajstić information content (AvgIpc) is 2.31. The molecule has 0 heterocycles. The van der Waals surface area contributed by atoms with Gasteiger partial charge in [-0.05, 0) is 19.7 Å². The summed E-state index contributed by atoms with van der Waals surface area (Å²) in [7, 11) is 5.33. The molecule has 0 fully saturated rings. The minimum atomic E-state index is 1.03. The Kier molecular flexibility index (Phi) is 6.29. The highest BCUT2D eigenvalue weighted by atomic mass is 28.1. The van der Waals surface area contributed by atoms with Gasteiger partial charge in [-0.25, -0.2) is 0 Å². The fourth-order valence-corrected chi connectivity index (χ4v) is 1.87. The third kappa shape index (κ3) is 6.71. The summed E-state index contributed by atoms with van der Waals surface area (Å²) in [6, 6.07) is 20.9. The van der Waals surface area contributed by atoms with Crippen molar-refractivity contribution in [2.24, 2.45) is 0 Å². The monoisotopic (exact) mass is 243 g/mol. The van der Waals surface area contributed by atoms with Crippen molar-refractivity contribution in [2.75, 3.05) is 14.1 Å². The van der Waals surface area contributed by atoms with E-state index in [1.54, 1.807) is 0 Å². The van der Waals surface area contributed by atoms with Crippen LogP contribution in [0.4, 0.5) is 0 Å². The van der Waals surface area contributed by atoms with Crippen molar-refractivity contribution in [3.05, 3.63) is 66.2 Å². The molecule has 0 spiro atoms. The molecular weight excluding hydrogens is 222 g/mol. The van der Waals surface area contributed by atoms with E-state index < -0.39 is 0 Å². The minimum Gasteiger partial charge on any atom is -0.305 e. The summed E-state index contributed by atoms with van der Waals surface area (Å²) in [5.41, 5.74) is 1.37. The van der Waals surface area contributed by atoms with E-state index >= 15 is 0 Å². The molecule has 0 bridgehead atoms. The van der Waals surface area contributed by atoms with E-state index in [0.29, 0.717) is 0 Å². The van der Waals surface area contributed by atoms with E-state index in [-0.39, 0.29) is 0 Å². The van der Waals surface area contributed by atoms with Gasteiger partial charge in [-0.2, -0.15) is 0 Å². The Morgan fingerprint density at radius 3 is 1.65 bits per heavy atom. The molecule has 0 radical (unpaired) electrons. The van der Waals surface area contributed by atoms with Crippen LogP contribution in [0.15, 0.2) is 60.7 Å². The van der Waals surface area contributed by atoms with Crippen molar-refractivity contribution in [3.8, 4) is 0 Å². The Morgan fingerprint density at radius 2 is 1.29 bits per heavy atom. The molecule has 90 valence electrons. The fourth-order valence-electron chi connectivity index (χ4n) is 1.48. The molecule has 17 heavy (non-hydrogen) atoms. The van der Waals surface area contributed by atoms with Crippen LogP contribution in [0.3, 0.4) is 0 Å². The van der Waals surface area contributed by atoms with Gasteiger partial charge in [-0.1, -0.05) is 65.9 Å². The summed E-state index contributed by atoms with van der Waals surface area (Å²) in [4.78, 5) is 2.16. The number of rotatable bonds is 2. The standard InChI is InChI=1S/C9H13N.C6H8Si/c1-10(2)8-9-6-4-3-5-7-9;7-6-4-2-1-3-5-6/h3-7H,8H2,1-2H3;1-5H,7H3. The van der Waals surface area contributed by atoms with Crippen molar-refractivity contribution in [3.63, 3.8) is 0 Å². The average molecular weight is 243 g/mol. The van der Waals surface area contributed by atoms with Crippen molar-refractivity contribution in [1.29, 1.82) is 0 Å². The first-order valence-corrected chi connectivity index (χ1v) is 6.89. The molecule has 0 saturated heterocycles. The van der Waals surface area contributed by atoms with E-state index in [9.17, 15) is 0 Å². The maximum atomic E-state index is 2.16. The molecule has 2 rings (SSSR count). The Hall–Kier alpha value is -1.38. The molecule has 0 aliphatic heterocycles. The first kappa shape index (κ1) is 13.7. The Morgan fingerprint density at radius 1 is 0.824 bits per heavy atom. The van der Waals surface area contributed by atoms with Crippen LogP contribution in [0.5, 0.6) is 0 Å². The molecule has 0 saturated carbocycles. The van der Waals surface area contributed by atoms with Crippen LogP contribution < -0.4 is 5.19 Å². The minimum absolute atomic E-state index is 1.03. The molecular formula is C15H21NSi. The van der Waals surface area contributed by atoms with Crippen LogP contribution in [0.25, 0.3) is 0 Å². The van der Waals surface area contributed by atoms with E-state index in [1.165, 1.54) is 21.0 Å². The van der Waals surface area contributed by atoms with Gasteiger partial charge >= 0.3 is 0 Å². The lowest BCUT2D eigenvalue weighted by molar-refractivity contribution is 0.402. The first-order chi connectivity index (χ1) is 8.18. The molecule has 2 heteroatoms. The lowest BCUT2D eigenvalue weighted by Crippen LogP contribution is -2.10. The third-order valence-electron chi connectivity index (χ3n) is 2.28. The lowest BCUT2D eigenvalue weighted by atomic mass is 10.2. The Labute approximate surface area is 108 Å². The van der Waals surface area contributed by atoms with E-state index in [0.717, 1.165) is 6.54 Å². The van der Waals surface area contributed by atoms with Gasteiger partial charge in [0.15, 0.2) is 0 Å². The maximum Gasteiger partial charge on any atom is 0.0384 e. The van der Waals surface area contributed by atoms with Crippen LogP contribution >= 0.6 is 0 Å². The van der Waals surface area contributed by atoms with E-state index in [1.807, 2.05) is 12.1 Å². The number of hydrogen-bond acceptors (Lipinski definition) is 1. The van der Waals surface area contributed by atoms with Crippen LogP contribution in [-0.2, 0) is 6.54 Å². The number of nitrogens with zero attached hydrogens (tertiary/aromatic N) is 1. The van der Waals surface area contributed by atoms with Crippen LogP contribution in [0.1, 0.15) is 5.56 Å². The van der Waals surface area contributed by atoms with E-state index in [2.05, 4.69) is 67.5 Å². The predicted octanol–water partition coefficient (Wildman–Crippen LogP) is 1.43. The zero-order valence-electron chi connectivity index (χ0n) is 10.9. The van der Waals surface area contributed by atoms with Gasteiger partial charge < -0.3 is 4.90 Å². The smallest absolute Gasteiger partial charge is 0.0384 e. The largest absolute Gasteiger partial charge is 0.305 e. The molecule has 0 aromatic heterocycles. The molecule has 0 unspecified atom stereocenters. The second-order valence-electron chi connectivity index (χ2n) is 4.38. The lowest BCUT2D eigenvalue weighted by Gasteiger charge is -2.08. The van der Waals surface area contributed by atoms with Gasteiger partial charge in [0.1, 0.15) is 0 Å². The second kappa shape index (κ2) is 7.82. The van der Waals surface area contributed by atoms with Gasteiger partial charge in [0, 0.05) is 16.8 Å². The molecule has 1 nitrogen and oxygen atoms in total. The van der Waals surface area contributed by atoms with Gasteiger partial charge in [0.2, 0.25) is 0 Å². The normalized spacial score (nSPS) is 9.82. The SMILES string of the molecule is CN(C)Cc1ccccc1.[SiH3]c1ccccc1. The summed E-state index contributed by atoms with van der Waals surface area (Å²) in [5, 5.41) is 1.46. The summed E-state index contributed by atoms with van der Waals surface area (Å²) >= 11 is 0. The van der Waals surface area contributed by atoms with Crippen LogP contribution in [0, 0.1) is 0 Å². The van der Waals surface area contributed by atoms with Crippen LogP contribution in [0.2, 0.25) is 0 Å². The molecule has 2 aromatic rings. The van der Waals surface area contributed by atoms with Crippen molar-refractivity contribution < 1.29 is 0 Å². The van der Waals surface area contributed by atoms with Gasteiger partial charge in [0.25, 0.3) is 0 Å². The summed E-state index contributed by atoms with van der Waals surface area (Å²) < 4.78 is 0. The highest BCUT2D eigenvalue weighted by Gasteiger charge is 1.90. The zero-order valence-corrected chi connectivity index (χ0v) is 12.9. The third-order valence-corrected chi connectivity index (χ3v) is 2.95. The highest BCUT2D eigenvalue weighted by molar-refractivity contribution is 6.32. The van der Waals surface area contributed by atoms with Gasteiger partial charge in [-0.15, -0.1) is 0 Å². The topological polar surface area (TPSA) is 3.24 Å². The summed E-state index contributed by atoms with van der Waals surface area (Å²) in [6.45, 7) is 1.03. The Bertz CT molecular complexity index is 398. The summed E-state index contributed by atoms with van der Waals surface area (Å²) in [5.74, 6) is 0. The molecule has 2 aromatic carbocycles. The van der Waals surface area contributed by atoms with Gasteiger partial charge in [-0.3, -0.25) is 0 Å². The molecule has 0 aliphatic carbocycles. The van der Waals surface area contributed by atoms with Crippen molar-refractivity contribution in [2.45, 2.75) is 6.54 Å². The number of hydrogen-bond donors (Lipinski definition) is 0. The predicted molar refractivity (Wildman–Crippen MR) is 79.8 cm³/mol. The Balaban J connectivity index is 0.000000181. The van der Waals surface area contributed by atoms with Gasteiger partial charge in [0.05, 0.1) is 0 Å². The summed E-state index contributed by atoms with van der Waals surface area (Å²) in [6.07, 6.45) is 0. The molecule has 0 amide bonds. The molecule has 0 atom stereocenters. The fraction of sp³-hybridized carbons (Fsp3) is 0.200. The van der Waals surface area contributed by atoms with Crippen molar-refractivity contribution in [1.82, 2.24) is 4.90 Å².